The number of esters is 2. The zero-order valence-corrected chi connectivity index (χ0v) is 14.4. The molecule has 0 radical (unpaired) electrons. The number of ether oxygens (including phenoxy) is 2. The van der Waals surface area contributed by atoms with E-state index in [0.29, 0.717) is 39.5 Å². The molecule has 0 saturated carbocycles. The monoisotopic (exact) mass is 357 g/mol. The standard InChI is InChI=1S/C17H15N3O4S/c1-3-24-17(22)12-8-25-15-13(12)14(18-9-19-15)20-11-6-4-10(5-7-11)16(21)23-2/h4-9H,3H2,1-2H3,(H,18,19,20). The van der Waals surface area contributed by atoms with E-state index < -0.39 is 11.9 Å². The van der Waals surface area contributed by atoms with Gasteiger partial charge in [0.15, 0.2) is 0 Å². The molecule has 0 spiro atoms. The fourth-order valence-corrected chi connectivity index (χ4v) is 3.15. The number of methoxy groups -OCH3 is 1. The van der Waals surface area contributed by atoms with E-state index in [1.807, 2.05) is 0 Å². The highest BCUT2D eigenvalue weighted by Crippen LogP contribution is 2.31. The molecule has 0 aliphatic carbocycles. The molecule has 0 bridgehead atoms. The van der Waals surface area contributed by atoms with Crippen LogP contribution in [0.1, 0.15) is 27.6 Å². The van der Waals surface area contributed by atoms with Crippen molar-refractivity contribution in [1.29, 1.82) is 0 Å². The number of hydrogen-bond acceptors (Lipinski definition) is 8. The average molecular weight is 357 g/mol. The number of nitrogens with one attached hydrogen (secondary N) is 1. The van der Waals surface area contributed by atoms with Gasteiger partial charge >= 0.3 is 11.9 Å². The molecule has 0 saturated heterocycles. The first-order chi connectivity index (χ1) is 12.1. The molecule has 2 aromatic heterocycles. The van der Waals surface area contributed by atoms with E-state index >= 15 is 0 Å². The molecule has 7 nitrogen and oxygen atoms in total. The summed E-state index contributed by atoms with van der Waals surface area (Å²) < 4.78 is 9.76. The Morgan fingerprint density at radius 3 is 2.60 bits per heavy atom. The van der Waals surface area contributed by atoms with Gasteiger partial charge in [-0.2, -0.15) is 0 Å². The summed E-state index contributed by atoms with van der Waals surface area (Å²) in [7, 11) is 1.33. The summed E-state index contributed by atoms with van der Waals surface area (Å²) in [6.45, 7) is 2.05. The number of benzene rings is 1. The Hall–Kier alpha value is -3.00. The van der Waals surface area contributed by atoms with Crippen molar-refractivity contribution in [3.8, 4) is 0 Å². The first-order valence-corrected chi connectivity index (χ1v) is 8.36. The van der Waals surface area contributed by atoms with E-state index in [4.69, 9.17) is 4.74 Å². The van der Waals surface area contributed by atoms with Gasteiger partial charge in [-0.15, -0.1) is 11.3 Å². The van der Waals surface area contributed by atoms with Crippen LogP contribution in [0.25, 0.3) is 10.2 Å². The zero-order chi connectivity index (χ0) is 17.8. The molecule has 0 aliphatic rings. The Bertz CT molecular complexity index is 921. The molecule has 2 heterocycles. The minimum atomic E-state index is -0.410. The van der Waals surface area contributed by atoms with Crippen LogP contribution in [-0.2, 0) is 9.47 Å². The lowest BCUT2D eigenvalue weighted by Crippen LogP contribution is -2.05. The van der Waals surface area contributed by atoms with Crippen LogP contribution in [0.3, 0.4) is 0 Å². The molecular formula is C17H15N3O4S. The lowest BCUT2D eigenvalue weighted by atomic mass is 10.2. The summed E-state index contributed by atoms with van der Waals surface area (Å²) in [6.07, 6.45) is 1.43. The Morgan fingerprint density at radius 2 is 1.92 bits per heavy atom. The minimum Gasteiger partial charge on any atom is -0.465 e. The number of hydrogen-bond donors (Lipinski definition) is 1. The van der Waals surface area contributed by atoms with E-state index in [2.05, 4.69) is 20.0 Å². The van der Waals surface area contributed by atoms with Crippen LogP contribution in [0.5, 0.6) is 0 Å². The molecule has 3 aromatic rings. The Kier molecular flexibility index (Phi) is 4.90. The summed E-state index contributed by atoms with van der Waals surface area (Å²) in [5.74, 6) is -0.314. The predicted octanol–water partition coefficient (Wildman–Crippen LogP) is 3.40. The van der Waals surface area contributed by atoms with Gasteiger partial charge in [-0.1, -0.05) is 0 Å². The van der Waals surface area contributed by atoms with Crippen molar-refractivity contribution in [2.45, 2.75) is 6.92 Å². The Labute approximate surface area is 147 Å². The number of anilines is 2. The fraction of sp³-hybridized carbons (Fsp3) is 0.176. The molecule has 1 aromatic carbocycles. The molecule has 0 amide bonds. The predicted molar refractivity (Wildman–Crippen MR) is 94.4 cm³/mol. The van der Waals surface area contributed by atoms with E-state index in [1.54, 1.807) is 36.6 Å². The van der Waals surface area contributed by atoms with Crippen LogP contribution in [-0.4, -0.2) is 35.6 Å². The van der Waals surface area contributed by atoms with E-state index in [0.717, 1.165) is 0 Å². The van der Waals surface area contributed by atoms with Crippen molar-refractivity contribution in [3.05, 3.63) is 47.1 Å². The third-order valence-electron chi connectivity index (χ3n) is 3.43. The van der Waals surface area contributed by atoms with Gasteiger partial charge in [0.05, 0.1) is 30.2 Å². The quantitative estimate of drug-likeness (QED) is 0.700. The largest absolute Gasteiger partial charge is 0.465 e. The number of nitrogens with zero attached hydrogens (tertiary/aromatic N) is 2. The summed E-state index contributed by atoms with van der Waals surface area (Å²) in [5.41, 5.74) is 1.59. The SMILES string of the molecule is CCOC(=O)c1csc2ncnc(Nc3ccc(C(=O)OC)cc3)c12. The maximum absolute atomic E-state index is 12.1. The topological polar surface area (TPSA) is 90.4 Å². The van der Waals surface area contributed by atoms with Gasteiger partial charge in [-0.05, 0) is 31.2 Å². The van der Waals surface area contributed by atoms with Crippen molar-refractivity contribution in [1.82, 2.24) is 9.97 Å². The van der Waals surface area contributed by atoms with E-state index in [-0.39, 0.29) is 0 Å². The molecule has 0 atom stereocenters. The second-order valence-corrected chi connectivity index (χ2v) is 5.82. The second-order valence-electron chi connectivity index (χ2n) is 4.97. The highest BCUT2D eigenvalue weighted by molar-refractivity contribution is 7.17. The van der Waals surface area contributed by atoms with Gasteiger partial charge < -0.3 is 14.8 Å². The molecule has 3 rings (SSSR count). The maximum atomic E-state index is 12.1. The molecule has 0 unspecified atom stereocenters. The van der Waals surface area contributed by atoms with Gasteiger partial charge in [0, 0.05) is 11.1 Å². The molecule has 25 heavy (non-hydrogen) atoms. The lowest BCUT2D eigenvalue weighted by molar-refractivity contribution is 0.0528. The molecule has 128 valence electrons. The normalized spacial score (nSPS) is 10.5. The van der Waals surface area contributed by atoms with Crippen LogP contribution in [0.4, 0.5) is 11.5 Å². The Morgan fingerprint density at radius 1 is 1.16 bits per heavy atom. The number of carbonyl (C=O) groups is 2. The second kappa shape index (κ2) is 7.27. The van der Waals surface area contributed by atoms with Gasteiger partial charge in [0.2, 0.25) is 0 Å². The summed E-state index contributed by atoms with van der Waals surface area (Å²) in [4.78, 5) is 32.7. The van der Waals surface area contributed by atoms with Gasteiger partial charge in [-0.25, -0.2) is 19.6 Å². The summed E-state index contributed by atoms with van der Waals surface area (Å²) >= 11 is 1.35. The van der Waals surface area contributed by atoms with E-state index in [1.165, 1.54) is 24.8 Å². The van der Waals surface area contributed by atoms with Crippen LogP contribution in [0, 0.1) is 0 Å². The van der Waals surface area contributed by atoms with Crippen molar-refractivity contribution >= 4 is 45.0 Å². The lowest BCUT2D eigenvalue weighted by Gasteiger charge is -2.08. The molecular weight excluding hydrogens is 342 g/mol. The van der Waals surface area contributed by atoms with Gasteiger partial charge in [-0.3, -0.25) is 0 Å². The third-order valence-corrected chi connectivity index (χ3v) is 4.32. The maximum Gasteiger partial charge on any atom is 0.339 e. The molecule has 8 heteroatoms. The first kappa shape index (κ1) is 16.8. The molecule has 0 fully saturated rings. The van der Waals surface area contributed by atoms with Crippen LogP contribution in [0.15, 0.2) is 36.0 Å². The van der Waals surface area contributed by atoms with Crippen molar-refractivity contribution in [2.75, 3.05) is 19.0 Å². The number of rotatable bonds is 5. The van der Waals surface area contributed by atoms with Crippen LogP contribution < -0.4 is 5.32 Å². The molecule has 1 N–H and O–H groups in total. The molecule has 0 aliphatic heterocycles. The number of aromatic nitrogens is 2. The zero-order valence-electron chi connectivity index (χ0n) is 13.6. The van der Waals surface area contributed by atoms with E-state index in [9.17, 15) is 9.59 Å². The van der Waals surface area contributed by atoms with Gasteiger partial charge in [0.1, 0.15) is 17.0 Å². The van der Waals surface area contributed by atoms with Crippen LogP contribution >= 0.6 is 11.3 Å². The Balaban J connectivity index is 1.94. The number of thiophene rings is 1. The summed E-state index contributed by atoms with van der Waals surface area (Å²) in [6, 6.07) is 6.76. The van der Waals surface area contributed by atoms with Crippen molar-refractivity contribution < 1.29 is 19.1 Å². The number of fused-ring (bicyclic) bond motifs is 1. The smallest absolute Gasteiger partial charge is 0.339 e. The first-order valence-electron chi connectivity index (χ1n) is 7.48. The highest BCUT2D eigenvalue weighted by Gasteiger charge is 2.18. The number of carbonyl (C=O) groups excluding carboxylic acids is 2. The fourth-order valence-electron chi connectivity index (χ4n) is 2.27. The third kappa shape index (κ3) is 3.43. The van der Waals surface area contributed by atoms with Gasteiger partial charge in [0.25, 0.3) is 0 Å². The highest BCUT2D eigenvalue weighted by atomic mass is 32.1. The van der Waals surface area contributed by atoms with Crippen LogP contribution in [0.2, 0.25) is 0 Å². The van der Waals surface area contributed by atoms with Crippen molar-refractivity contribution in [3.63, 3.8) is 0 Å². The minimum absolute atomic E-state index is 0.293. The van der Waals surface area contributed by atoms with Crippen molar-refractivity contribution in [2.24, 2.45) is 0 Å². The average Bonchev–Trinajstić information content (AvgIpc) is 3.07. The summed E-state index contributed by atoms with van der Waals surface area (Å²) in [5, 5.41) is 5.48.